The second kappa shape index (κ2) is 5.29. The van der Waals surface area contributed by atoms with Gasteiger partial charge in [0.25, 0.3) is 3.90 Å². The van der Waals surface area contributed by atoms with E-state index in [1.807, 2.05) is 46.9 Å². The Morgan fingerprint density at radius 1 is 1.38 bits per heavy atom. The Bertz CT molecular complexity index is 471. The normalized spacial score (nSPS) is 10.4. The van der Waals surface area contributed by atoms with Gasteiger partial charge < -0.3 is 9.15 Å². The van der Waals surface area contributed by atoms with Gasteiger partial charge in [-0.3, -0.25) is 0 Å². The van der Waals surface area contributed by atoms with E-state index < -0.39 is 0 Å². The number of hydrogen-bond acceptors (Lipinski definition) is 4. The summed E-state index contributed by atoms with van der Waals surface area (Å²) in [5.41, 5.74) is 0.879. The molecule has 16 heavy (non-hydrogen) atoms. The van der Waals surface area contributed by atoms with Crippen molar-refractivity contribution in [3.05, 3.63) is 28.2 Å². The first-order valence-corrected chi connectivity index (χ1v) is 6.09. The Kier molecular flexibility index (Phi) is 3.76. The van der Waals surface area contributed by atoms with Crippen molar-refractivity contribution in [2.45, 2.75) is 13.3 Å². The molecule has 0 aliphatic carbocycles. The van der Waals surface area contributed by atoms with Gasteiger partial charge in [0.1, 0.15) is 5.75 Å². The molecule has 0 saturated carbocycles. The van der Waals surface area contributed by atoms with Gasteiger partial charge in [0.05, 0.1) is 6.61 Å². The molecule has 4 nitrogen and oxygen atoms in total. The summed E-state index contributed by atoms with van der Waals surface area (Å²) in [6.07, 6.45) is 0.989. The number of halogens is 1. The van der Waals surface area contributed by atoms with Gasteiger partial charge in [-0.2, -0.15) is 0 Å². The van der Waals surface area contributed by atoms with E-state index in [2.05, 4.69) is 17.1 Å². The van der Waals surface area contributed by atoms with E-state index in [1.54, 1.807) is 0 Å². The fraction of sp³-hybridized carbons (Fsp3) is 0.273. The first-order valence-electron chi connectivity index (χ1n) is 5.02. The maximum absolute atomic E-state index is 5.53. The summed E-state index contributed by atoms with van der Waals surface area (Å²) in [6.45, 7) is 2.79. The SMILES string of the molecule is CCCOc1cccc(-c2nnc(I)o2)c1. The average molecular weight is 330 g/mol. The first kappa shape index (κ1) is 11.4. The van der Waals surface area contributed by atoms with Gasteiger partial charge in [0, 0.05) is 28.2 Å². The number of benzene rings is 1. The lowest BCUT2D eigenvalue weighted by molar-refractivity contribution is 0.317. The molecule has 84 valence electrons. The van der Waals surface area contributed by atoms with Gasteiger partial charge in [-0.25, -0.2) is 0 Å². The molecule has 0 fully saturated rings. The highest BCUT2D eigenvalue weighted by atomic mass is 127. The third-order valence-electron chi connectivity index (χ3n) is 1.95. The zero-order valence-corrected chi connectivity index (χ0v) is 11.0. The third kappa shape index (κ3) is 2.72. The molecule has 5 heteroatoms. The number of hydrogen-bond donors (Lipinski definition) is 0. The maximum Gasteiger partial charge on any atom is 0.278 e. The molecule has 0 atom stereocenters. The van der Waals surface area contributed by atoms with Crippen LogP contribution in [0.4, 0.5) is 0 Å². The molecule has 1 heterocycles. The van der Waals surface area contributed by atoms with Crippen molar-refractivity contribution < 1.29 is 9.15 Å². The van der Waals surface area contributed by atoms with Crippen LogP contribution >= 0.6 is 22.6 Å². The van der Waals surface area contributed by atoms with Gasteiger partial charge in [-0.15, -0.1) is 10.2 Å². The molecule has 0 radical (unpaired) electrons. The standard InChI is InChI=1S/C11H11IN2O2/c1-2-6-15-9-5-3-4-8(7-9)10-13-14-11(12)16-10/h3-5,7H,2,6H2,1H3. The first-order chi connectivity index (χ1) is 7.79. The lowest BCUT2D eigenvalue weighted by Gasteiger charge is -2.04. The Hall–Kier alpha value is -1.11. The van der Waals surface area contributed by atoms with Crippen LogP contribution in [0.25, 0.3) is 11.5 Å². The average Bonchev–Trinajstić information content (AvgIpc) is 2.74. The van der Waals surface area contributed by atoms with E-state index in [9.17, 15) is 0 Å². The molecule has 2 rings (SSSR count). The molecule has 0 unspecified atom stereocenters. The molecule has 1 aromatic carbocycles. The van der Waals surface area contributed by atoms with Gasteiger partial charge in [-0.05, 0) is 24.6 Å². The summed E-state index contributed by atoms with van der Waals surface area (Å²) >= 11 is 1.99. The topological polar surface area (TPSA) is 48.2 Å². The highest BCUT2D eigenvalue weighted by molar-refractivity contribution is 14.1. The predicted molar refractivity (Wildman–Crippen MR) is 68.2 cm³/mol. The zero-order valence-electron chi connectivity index (χ0n) is 8.81. The summed E-state index contributed by atoms with van der Waals surface area (Å²) in [5, 5.41) is 7.74. The Labute approximate surface area is 107 Å². The Balaban J connectivity index is 2.22. The number of ether oxygens (including phenoxy) is 1. The van der Waals surface area contributed by atoms with E-state index in [-0.39, 0.29) is 0 Å². The van der Waals surface area contributed by atoms with E-state index in [1.165, 1.54) is 0 Å². The fourth-order valence-electron chi connectivity index (χ4n) is 1.26. The largest absolute Gasteiger partial charge is 0.494 e. The molecule has 0 saturated heterocycles. The van der Waals surface area contributed by atoms with Crippen molar-refractivity contribution in [3.8, 4) is 17.2 Å². The number of aromatic nitrogens is 2. The fourth-order valence-corrected chi connectivity index (χ4v) is 1.58. The van der Waals surface area contributed by atoms with Crippen molar-refractivity contribution in [1.29, 1.82) is 0 Å². The minimum Gasteiger partial charge on any atom is -0.494 e. The second-order valence-corrected chi connectivity index (χ2v) is 4.16. The minimum absolute atomic E-state index is 0.520. The van der Waals surface area contributed by atoms with Crippen LogP contribution in [0.1, 0.15) is 13.3 Å². The summed E-state index contributed by atoms with van der Waals surface area (Å²) < 4.78 is 11.4. The van der Waals surface area contributed by atoms with Crippen LogP contribution in [0.3, 0.4) is 0 Å². The maximum atomic E-state index is 5.53. The van der Waals surface area contributed by atoms with Crippen molar-refractivity contribution in [2.75, 3.05) is 6.61 Å². The zero-order chi connectivity index (χ0) is 11.4. The van der Waals surface area contributed by atoms with Crippen molar-refractivity contribution in [2.24, 2.45) is 0 Å². The molecule has 0 bridgehead atoms. The number of nitrogens with zero attached hydrogens (tertiary/aromatic N) is 2. The lowest BCUT2D eigenvalue weighted by Crippen LogP contribution is -1.94. The molecular formula is C11H11IN2O2. The summed E-state index contributed by atoms with van der Waals surface area (Å²) in [6, 6.07) is 7.65. The monoisotopic (exact) mass is 330 g/mol. The number of rotatable bonds is 4. The molecule has 0 aliphatic heterocycles. The van der Waals surface area contributed by atoms with Gasteiger partial charge >= 0.3 is 0 Å². The van der Waals surface area contributed by atoms with Crippen LogP contribution in [0, 0.1) is 3.90 Å². The second-order valence-electron chi connectivity index (χ2n) is 3.24. The van der Waals surface area contributed by atoms with E-state index in [0.29, 0.717) is 16.4 Å². The Morgan fingerprint density at radius 3 is 2.94 bits per heavy atom. The molecule has 0 spiro atoms. The summed E-state index contributed by atoms with van der Waals surface area (Å²) in [7, 11) is 0. The molecule has 1 aromatic heterocycles. The van der Waals surface area contributed by atoms with Crippen LogP contribution in [0.5, 0.6) is 5.75 Å². The molecule has 0 amide bonds. The minimum atomic E-state index is 0.520. The van der Waals surface area contributed by atoms with E-state index in [4.69, 9.17) is 9.15 Å². The van der Waals surface area contributed by atoms with Gasteiger partial charge in [0.15, 0.2) is 0 Å². The van der Waals surface area contributed by atoms with Gasteiger partial charge in [0.2, 0.25) is 5.89 Å². The lowest BCUT2D eigenvalue weighted by atomic mass is 10.2. The summed E-state index contributed by atoms with van der Waals surface area (Å²) in [5.74, 6) is 1.35. The molecule has 0 aliphatic rings. The van der Waals surface area contributed by atoms with Crippen molar-refractivity contribution in [3.63, 3.8) is 0 Å². The smallest absolute Gasteiger partial charge is 0.278 e. The van der Waals surface area contributed by atoms with Crippen LogP contribution in [-0.2, 0) is 0 Å². The molecule has 2 aromatic rings. The highest BCUT2D eigenvalue weighted by Crippen LogP contribution is 2.23. The van der Waals surface area contributed by atoms with Crippen molar-refractivity contribution >= 4 is 22.6 Å². The Morgan fingerprint density at radius 2 is 2.25 bits per heavy atom. The van der Waals surface area contributed by atoms with Crippen LogP contribution in [-0.4, -0.2) is 16.8 Å². The summed E-state index contributed by atoms with van der Waals surface area (Å²) in [4.78, 5) is 0. The highest BCUT2D eigenvalue weighted by Gasteiger charge is 2.07. The van der Waals surface area contributed by atoms with E-state index in [0.717, 1.165) is 17.7 Å². The van der Waals surface area contributed by atoms with E-state index >= 15 is 0 Å². The predicted octanol–water partition coefficient (Wildman–Crippen LogP) is 3.13. The van der Waals surface area contributed by atoms with Crippen LogP contribution in [0.2, 0.25) is 0 Å². The van der Waals surface area contributed by atoms with Crippen molar-refractivity contribution in [1.82, 2.24) is 10.2 Å². The van der Waals surface area contributed by atoms with Crippen LogP contribution < -0.4 is 4.74 Å². The quantitative estimate of drug-likeness (QED) is 0.808. The third-order valence-corrected chi connectivity index (χ3v) is 2.39. The van der Waals surface area contributed by atoms with Crippen LogP contribution in [0.15, 0.2) is 28.7 Å². The molecule has 0 N–H and O–H groups in total. The van der Waals surface area contributed by atoms with Gasteiger partial charge in [-0.1, -0.05) is 13.0 Å². The molecular weight excluding hydrogens is 319 g/mol.